The Morgan fingerprint density at radius 1 is 1.05 bits per heavy atom. The van der Waals surface area contributed by atoms with Crippen molar-refractivity contribution in [3.8, 4) is 5.75 Å². The maximum absolute atomic E-state index is 12.5. The van der Waals surface area contributed by atoms with E-state index in [4.69, 9.17) is 16.3 Å². The Labute approximate surface area is 145 Å². The molecule has 0 N–H and O–H groups in total. The van der Waals surface area contributed by atoms with Crippen LogP contribution in [0.15, 0.2) is 48.5 Å². The molecule has 0 unspecified atom stereocenters. The first-order valence-corrected chi connectivity index (χ1v) is 8.45. The summed E-state index contributed by atoms with van der Waals surface area (Å²) in [6.45, 7) is 0. The summed E-state index contributed by atoms with van der Waals surface area (Å²) in [7, 11) is 1.60. The molecule has 0 fully saturated rings. The molecular weight excluding hydrogens is 419 g/mol. The van der Waals surface area contributed by atoms with Crippen molar-refractivity contribution in [3.05, 3.63) is 64.7 Å². The number of Topliss-reactive ketones (excluding diaryl/α,β-unsaturated/α-hetero) is 1. The fraction of sp³-hybridized carbons (Fsp3) is 0.188. The van der Waals surface area contributed by atoms with Gasteiger partial charge in [0.25, 0.3) is 0 Å². The number of alkyl halides is 2. The van der Waals surface area contributed by atoms with Crippen LogP contribution in [0.5, 0.6) is 5.75 Å². The van der Waals surface area contributed by atoms with Gasteiger partial charge in [-0.05, 0) is 42.0 Å². The SMILES string of the molecule is COc1ccc(C(=O)[C@H](Br)[C@H](Br)c2ccc(Cl)cc2)cc1. The predicted octanol–water partition coefficient (Wildman–Crippen LogP) is 5.43. The highest BCUT2D eigenvalue weighted by Crippen LogP contribution is 2.34. The average Bonchev–Trinajstić information content (AvgIpc) is 2.53. The fourth-order valence-electron chi connectivity index (χ4n) is 1.86. The summed E-state index contributed by atoms with van der Waals surface area (Å²) < 4.78 is 5.09. The number of halogens is 3. The van der Waals surface area contributed by atoms with Crippen LogP contribution in [-0.2, 0) is 0 Å². The number of ketones is 1. The van der Waals surface area contributed by atoms with Gasteiger partial charge in [0.05, 0.1) is 16.8 Å². The van der Waals surface area contributed by atoms with E-state index in [-0.39, 0.29) is 15.4 Å². The molecule has 0 heterocycles. The zero-order valence-electron chi connectivity index (χ0n) is 11.2. The van der Waals surface area contributed by atoms with Crippen LogP contribution >= 0.6 is 43.5 Å². The molecule has 0 saturated heterocycles. The lowest BCUT2D eigenvalue weighted by molar-refractivity contribution is 0.0991. The molecule has 2 rings (SSSR count). The number of carbonyl (C=O) groups excluding carboxylic acids is 1. The second kappa shape index (κ2) is 7.43. The Balaban J connectivity index is 2.15. The molecule has 0 aromatic heterocycles. The van der Waals surface area contributed by atoms with Crippen molar-refractivity contribution in [2.45, 2.75) is 9.65 Å². The van der Waals surface area contributed by atoms with Crippen molar-refractivity contribution in [1.29, 1.82) is 0 Å². The molecule has 0 saturated carbocycles. The highest BCUT2D eigenvalue weighted by molar-refractivity contribution is 9.12. The summed E-state index contributed by atoms with van der Waals surface area (Å²) in [6, 6.07) is 14.5. The summed E-state index contributed by atoms with van der Waals surface area (Å²) in [6.07, 6.45) is 0. The molecule has 2 aromatic rings. The van der Waals surface area contributed by atoms with Crippen molar-refractivity contribution in [3.63, 3.8) is 0 Å². The standard InChI is InChI=1S/C16H13Br2ClO2/c1-21-13-8-4-11(5-9-13)16(20)15(18)14(17)10-2-6-12(19)7-3-10/h2-9,14-15H,1H3/t14-,15-/m1/s1. The van der Waals surface area contributed by atoms with Crippen molar-refractivity contribution >= 4 is 49.2 Å². The lowest BCUT2D eigenvalue weighted by atomic mass is 10.0. The average molecular weight is 433 g/mol. The number of ether oxygens (including phenoxy) is 1. The molecule has 2 aromatic carbocycles. The Morgan fingerprint density at radius 3 is 2.14 bits per heavy atom. The Bertz CT molecular complexity index is 611. The minimum absolute atomic E-state index is 0.00878. The summed E-state index contributed by atoms with van der Waals surface area (Å²) in [4.78, 5) is 12.0. The second-order valence-corrected chi connectivity index (χ2v) is 6.86. The third-order valence-electron chi connectivity index (χ3n) is 3.07. The third-order valence-corrected chi connectivity index (χ3v) is 6.03. The van der Waals surface area contributed by atoms with Crippen LogP contribution in [0.2, 0.25) is 5.02 Å². The number of methoxy groups -OCH3 is 1. The molecule has 0 radical (unpaired) electrons. The van der Waals surface area contributed by atoms with Gasteiger partial charge in [-0.2, -0.15) is 0 Å². The highest BCUT2D eigenvalue weighted by atomic mass is 79.9. The largest absolute Gasteiger partial charge is 0.497 e. The zero-order valence-corrected chi connectivity index (χ0v) is 15.2. The second-order valence-electron chi connectivity index (χ2n) is 4.45. The predicted molar refractivity (Wildman–Crippen MR) is 93.2 cm³/mol. The molecule has 0 aliphatic heterocycles. The van der Waals surface area contributed by atoms with E-state index >= 15 is 0 Å². The molecule has 0 aliphatic carbocycles. The first-order valence-electron chi connectivity index (χ1n) is 6.25. The van der Waals surface area contributed by atoms with Gasteiger partial charge in [-0.1, -0.05) is 55.6 Å². The van der Waals surface area contributed by atoms with E-state index in [1.807, 2.05) is 24.3 Å². The van der Waals surface area contributed by atoms with E-state index in [0.717, 1.165) is 11.3 Å². The molecule has 21 heavy (non-hydrogen) atoms. The number of hydrogen-bond acceptors (Lipinski definition) is 2. The van der Waals surface area contributed by atoms with Crippen molar-refractivity contribution in [2.75, 3.05) is 7.11 Å². The van der Waals surface area contributed by atoms with Crippen LogP contribution in [0.3, 0.4) is 0 Å². The van der Waals surface area contributed by atoms with Crippen molar-refractivity contribution in [1.82, 2.24) is 0 Å². The van der Waals surface area contributed by atoms with Gasteiger partial charge >= 0.3 is 0 Å². The zero-order chi connectivity index (χ0) is 15.4. The minimum Gasteiger partial charge on any atom is -0.497 e. The first kappa shape index (κ1) is 16.5. The van der Waals surface area contributed by atoms with E-state index < -0.39 is 0 Å². The van der Waals surface area contributed by atoms with Crippen LogP contribution in [0.4, 0.5) is 0 Å². The van der Waals surface area contributed by atoms with E-state index in [1.165, 1.54) is 0 Å². The molecule has 110 valence electrons. The molecule has 0 aliphatic rings. The molecule has 2 atom stereocenters. The number of hydrogen-bond donors (Lipinski definition) is 0. The van der Waals surface area contributed by atoms with Gasteiger partial charge in [0.2, 0.25) is 0 Å². The monoisotopic (exact) mass is 430 g/mol. The molecule has 5 heteroatoms. The van der Waals surface area contributed by atoms with E-state index in [1.54, 1.807) is 31.4 Å². The number of rotatable bonds is 5. The third kappa shape index (κ3) is 4.09. The van der Waals surface area contributed by atoms with Crippen LogP contribution < -0.4 is 4.74 Å². The van der Waals surface area contributed by atoms with Crippen molar-refractivity contribution < 1.29 is 9.53 Å². The molecular formula is C16H13Br2ClO2. The highest BCUT2D eigenvalue weighted by Gasteiger charge is 2.26. The topological polar surface area (TPSA) is 26.3 Å². The lowest BCUT2D eigenvalue weighted by Gasteiger charge is -2.16. The molecule has 0 bridgehead atoms. The fourth-order valence-corrected chi connectivity index (χ4v) is 3.10. The maximum Gasteiger partial charge on any atom is 0.177 e. The smallest absolute Gasteiger partial charge is 0.177 e. The maximum atomic E-state index is 12.5. The minimum atomic E-state index is -0.368. The first-order chi connectivity index (χ1) is 10.0. The van der Waals surface area contributed by atoms with Gasteiger partial charge in [-0.3, -0.25) is 4.79 Å². The van der Waals surface area contributed by atoms with Crippen LogP contribution in [0, 0.1) is 0 Å². The van der Waals surface area contributed by atoms with Crippen LogP contribution in [0.1, 0.15) is 20.7 Å². The van der Waals surface area contributed by atoms with Crippen LogP contribution in [0.25, 0.3) is 0 Å². The normalized spacial score (nSPS) is 13.5. The summed E-state index contributed by atoms with van der Waals surface area (Å²) in [5, 5.41) is 0.672. The molecule has 0 amide bonds. The van der Waals surface area contributed by atoms with Gasteiger partial charge in [-0.25, -0.2) is 0 Å². The van der Waals surface area contributed by atoms with Gasteiger partial charge in [0, 0.05) is 10.6 Å². The van der Waals surface area contributed by atoms with Gasteiger partial charge < -0.3 is 4.74 Å². The van der Waals surface area contributed by atoms with E-state index in [9.17, 15) is 4.79 Å². The van der Waals surface area contributed by atoms with E-state index in [0.29, 0.717) is 10.6 Å². The van der Waals surface area contributed by atoms with Crippen LogP contribution in [-0.4, -0.2) is 17.7 Å². The quantitative estimate of drug-likeness (QED) is 0.465. The number of benzene rings is 2. The number of carbonyl (C=O) groups is 1. The summed E-state index contributed by atoms with van der Waals surface area (Å²) in [5.41, 5.74) is 1.62. The van der Waals surface area contributed by atoms with Gasteiger partial charge in [0.1, 0.15) is 5.75 Å². The Morgan fingerprint density at radius 2 is 1.62 bits per heavy atom. The van der Waals surface area contributed by atoms with Crippen molar-refractivity contribution in [2.24, 2.45) is 0 Å². The molecule has 0 spiro atoms. The van der Waals surface area contributed by atoms with Gasteiger partial charge in [0.15, 0.2) is 5.78 Å². The Hall–Kier alpha value is -0.840. The lowest BCUT2D eigenvalue weighted by Crippen LogP contribution is -2.19. The van der Waals surface area contributed by atoms with E-state index in [2.05, 4.69) is 31.9 Å². The van der Waals surface area contributed by atoms with Gasteiger partial charge in [-0.15, -0.1) is 0 Å². The summed E-state index contributed by atoms with van der Waals surface area (Å²) in [5.74, 6) is 0.736. The molecule has 2 nitrogen and oxygen atoms in total. The Kier molecular flexibility index (Phi) is 5.85. The summed E-state index contributed by atoms with van der Waals surface area (Å²) >= 11 is 12.9.